The maximum Gasteiger partial charge on any atom is 0.185 e. The van der Waals surface area contributed by atoms with Crippen LogP contribution in [0.1, 0.15) is 31.9 Å². The molecule has 0 heterocycles. The van der Waals surface area contributed by atoms with Crippen LogP contribution in [-0.4, -0.2) is 17.6 Å². The summed E-state index contributed by atoms with van der Waals surface area (Å²) in [6.45, 7) is 11.3. The summed E-state index contributed by atoms with van der Waals surface area (Å²) in [5.74, 6) is 0. The van der Waals surface area contributed by atoms with Crippen molar-refractivity contribution < 1.29 is 0 Å². The number of benzene rings is 1. The lowest BCUT2D eigenvalue weighted by atomic mass is 10.1. The minimum absolute atomic E-state index is 0.656. The topological polar surface area (TPSA) is 0 Å². The average molecular weight is 273 g/mol. The third-order valence-electron chi connectivity index (χ3n) is 4.16. The highest BCUT2D eigenvalue weighted by Gasteiger charge is 2.23. The monoisotopic (exact) mass is 272 g/mol. The zero-order valence-electron chi connectivity index (χ0n) is 12.4. The predicted molar refractivity (Wildman–Crippen MR) is 86.3 cm³/mol. The molecule has 0 saturated heterocycles. The van der Waals surface area contributed by atoms with Crippen molar-refractivity contribution in [1.29, 1.82) is 0 Å². The summed E-state index contributed by atoms with van der Waals surface area (Å²) in [7, 11) is -0.600. The van der Waals surface area contributed by atoms with Gasteiger partial charge in [0.05, 0.1) is 0 Å². The minimum atomic E-state index is -1.26. The first-order chi connectivity index (χ1) is 8.58. The van der Waals surface area contributed by atoms with Gasteiger partial charge < -0.3 is 0 Å². The highest BCUT2D eigenvalue weighted by Crippen LogP contribution is 2.18. The van der Waals surface area contributed by atoms with Crippen LogP contribution >= 0.6 is 0 Å². The second kappa shape index (κ2) is 6.96. The van der Waals surface area contributed by atoms with E-state index >= 15 is 0 Å². The summed E-state index contributed by atoms with van der Waals surface area (Å²) in [6, 6.07) is 10.4. The van der Waals surface area contributed by atoms with Gasteiger partial charge in [-0.1, -0.05) is 39.0 Å². The Kier molecular flexibility index (Phi) is 5.91. The van der Waals surface area contributed by atoms with Crippen LogP contribution in [0.3, 0.4) is 0 Å². The Morgan fingerprint density at radius 2 is 1.67 bits per heavy atom. The standard InChI is InChI=1S/C16H24Si2/c1-6-18(7-2,8-3)13-12-17-16-11-9-10-14(4)15(16)5/h9-11H,6-8H2,1-5H3. The Labute approximate surface area is 116 Å². The van der Waals surface area contributed by atoms with Crippen molar-refractivity contribution >= 4 is 22.8 Å². The van der Waals surface area contributed by atoms with E-state index in [0.29, 0.717) is 9.52 Å². The van der Waals surface area contributed by atoms with Gasteiger partial charge in [-0.15, -0.1) is 11.1 Å². The lowest BCUT2D eigenvalue weighted by Crippen LogP contribution is -2.30. The van der Waals surface area contributed by atoms with E-state index in [0.717, 1.165) is 0 Å². The molecule has 0 amide bonds. The zero-order chi connectivity index (χ0) is 13.6. The number of aryl methyl sites for hydroxylation is 1. The van der Waals surface area contributed by atoms with Gasteiger partial charge in [0.1, 0.15) is 8.07 Å². The van der Waals surface area contributed by atoms with Gasteiger partial charge in [-0.05, 0) is 48.3 Å². The first kappa shape index (κ1) is 15.3. The molecule has 18 heavy (non-hydrogen) atoms. The molecule has 0 atom stereocenters. The molecule has 0 saturated carbocycles. The molecule has 0 aromatic heterocycles. The summed E-state index contributed by atoms with van der Waals surface area (Å²) < 4.78 is 0. The number of hydrogen-bond acceptors (Lipinski definition) is 0. The fraction of sp³-hybridized carbons (Fsp3) is 0.500. The van der Waals surface area contributed by atoms with Crippen molar-refractivity contribution in [2.75, 3.05) is 0 Å². The highest BCUT2D eigenvalue weighted by atomic mass is 28.3. The lowest BCUT2D eigenvalue weighted by Gasteiger charge is -2.20. The largest absolute Gasteiger partial charge is 0.185 e. The fourth-order valence-corrected chi connectivity index (χ4v) is 6.17. The molecule has 0 nitrogen and oxygen atoms in total. The smallest absolute Gasteiger partial charge is 0.138 e. The zero-order valence-corrected chi connectivity index (χ0v) is 14.4. The normalized spacial score (nSPS) is 10.9. The van der Waals surface area contributed by atoms with Gasteiger partial charge in [0.25, 0.3) is 0 Å². The lowest BCUT2D eigenvalue weighted by molar-refractivity contribution is 1.20. The first-order valence-electron chi connectivity index (χ1n) is 6.93. The molecule has 0 N–H and O–H groups in total. The first-order valence-corrected chi connectivity index (χ1v) is 10.5. The summed E-state index contributed by atoms with van der Waals surface area (Å²) in [5, 5.41) is 1.42. The molecule has 0 fully saturated rings. The minimum Gasteiger partial charge on any atom is -0.138 e. The number of rotatable bonds is 4. The van der Waals surface area contributed by atoms with Crippen LogP contribution in [0.15, 0.2) is 18.2 Å². The summed E-state index contributed by atoms with van der Waals surface area (Å²) in [4.78, 5) is 0. The molecule has 0 aliphatic carbocycles. The second-order valence-electron chi connectivity index (χ2n) is 4.96. The molecular weight excluding hydrogens is 248 g/mol. The van der Waals surface area contributed by atoms with E-state index in [4.69, 9.17) is 0 Å². The van der Waals surface area contributed by atoms with Gasteiger partial charge in [0.15, 0.2) is 9.52 Å². The second-order valence-corrected chi connectivity index (χ2v) is 10.9. The van der Waals surface area contributed by atoms with Gasteiger partial charge in [-0.2, -0.15) is 0 Å². The van der Waals surface area contributed by atoms with Crippen LogP contribution in [0.2, 0.25) is 18.1 Å². The fourth-order valence-electron chi connectivity index (χ4n) is 2.13. The average Bonchev–Trinajstić information content (AvgIpc) is 2.40. The molecular formula is C16H24Si2. The summed E-state index contributed by atoms with van der Waals surface area (Å²) >= 11 is 0. The molecule has 1 aromatic carbocycles. The predicted octanol–water partition coefficient (Wildman–Crippen LogP) is 3.64. The molecule has 0 aliphatic heterocycles. The van der Waals surface area contributed by atoms with E-state index in [2.05, 4.69) is 63.9 Å². The summed E-state index contributed by atoms with van der Waals surface area (Å²) in [6.07, 6.45) is 0. The molecule has 1 aromatic rings. The Balaban J connectivity index is 2.85. The van der Waals surface area contributed by atoms with Crippen molar-refractivity contribution in [2.24, 2.45) is 0 Å². The van der Waals surface area contributed by atoms with E-state index in [1.165, 1.54) is 34.4 Å². The Morgan fingerprint density at radius 3 is 2.22 bits per heavy atom. The van der Waals surface area contributed by atoms with Gasteiger partial charge in [0, 0.05) is 0 Å². The Morgan fingerprint density at radius 1 is 1.06 bits per heavy atom. The number of hydrogen-bond donors (Lipinski definition) is 0. The van der Waals surface area contributed by atoms with Crippen molar-refractivity contribution in [3.8, 4) is 11.1 Å². The van der Waals surface area contributed by atoms with Crippen molar-refractivity contribution in [1.82, 2.24) is 0 Å². The van der Waals surface area contributed by atoms with Gasteiger partial charge >= 0.3 is 0 Å². The quantitative estimate of drug-likeness (QED) is 0.580. The van der Waals surface area contributed by atoms with E-state index in [-0.39, 0.29) is 0 Å². The molecule has 96 valence electrons. The van der Waals surface area contributed by atoms with Crippen LogP contribution in [-0.2, 0) is 0 Å². The van der Waals surface area contributed by atoms with E-state index < -0.39 is 8.07 Å². The maximum absolute atomic E-state index is 3.68. The molecule has 0 aliphatic rings. The van der Waals surface area contributed by atoms with Gasteiger partial charge in [-0.3, -0.25) is 0 Å². The molecule has 2 heteroatoms. The van der Waals surface area contributed by atoms with Crippen LogP contribution in [0.25, 0.3) is 0 Å². The molecule has 2 radical (unpaired) electrons. The third-order valence-corrected chi connectivity index (χ3v) is 10.2. The third kappa shape index (κ3) is 3.60. The van der Waals surface area contributed by atoms with Crippen LogP contribution in [0, 0.1) is 24.9 Å². The highest BCUT2D eigenvalue weighted by molar-refractivity contribution is 6.88. The van der Waals surface area contributed by atoms with E-state index in [1.807, 2.05) is 0 Å². The van der Waals surface area contributed by atoms with Crippen molar-refractivity contribution in [3.05, 3.63) is 29.3 Å². The SMILES string of the molecule is CC[Si](C#C[Si]c1cccc(C)c1C)(CC)CC. The molecule has 0 bridgehead atoms. The van der Waals surface area contributed by atoms with E-state index in [1.54, 1.807) is 0 Å². The molecule has 1 rings (SSSR count). The van der Waals surface area contributed by atoms with Crippen LogP contribution in [0.5, 0.6) is 0 Å². The summed E-state index contributed by atoms with van der Waals surface area (Å²) in [5.41, 5.74) is 9.98. The Bertz CT molecular complexity index is 440. The maximum atomic E-state index is 3.68. The van der Waals surface area contributed by atoms with Crippen LogP contribution < -0.4 is 5.19 Å². The van der Waals surface area contributed by atoms with Crippen molar-refractivity contribution in [3.63, 3.8) is 0 Å². The van der Waals surface area contributed by atoms with Gasteiger partial charge in [-0.25, -0.2) is 0 Å². The van der Waals surface area contributed by atoms with Gasteiger partial charge in [0.2, 0.25) is 0 Å². The van der Waals surface area contributed by atoms with Crippen LogP contribution in [0.4, 0.5) is 0 Å². The Hall–Kier alpha value is -0.786. The molecule has 0 spiro atoms. The molecule has 0 unspecified atom stereocenters. The van der Waals surface area contributed by atoms with Crippen molar-refractivity contribution in [2.45, 2.75) is 52.8 Å². The van der Waals surface area contributed by atoms with E-state index in [9.17, 15) is 0 Å².